The van der Waals surface area contributed by atoms with E-state index in [2.05, 4.69) is 28.7 Å². The highest BCUT2D eigenvalue weighted by atomic mass is 35.5. The first kappa shape index (κ1) is 13.0. The summed E-state index contributed by atoms with van der Waals surface area (Å²) in [6, 6.07) is 6.41. The molecule has 3 heterocycles. The Kier molecular flexibility index (Phi) is 3.77. The topological polar surface area (TPSA) is 41.9 Å². The van der Waals surface area contributed by atoms with Crippen LogP contribution in [-0.4, -0.2) is 22.9 Å². The number of rotatable bonds is 4. The Morgan fingerprint density at radius 3 is 3.26 bits per heavy atom. The molecule has 3 rings (SSSR count). The summed E-state index contributed by atoms with van der Waals surface area (Å²) < 4.78 is 2.88. The number of halogens is 1. The smallest absolute Gasteiger partial charge is 0.124 e. The van der Waals surface area contributed by atoms with Gasteiger partial charge in [0.1, 0.15) is 5.82 Å². The maximum Gasteiger partial charge on any atom is 0.124 e. The second-order valence-corrected chi connectivity index (χ2v) is 6.66. The Balaban J connectivity index is 1.53. The molecule has 0 spiro atoms. The Labute approximate surface area is 121 Å². The minimum atomic E-state index is 0.344. The predicted octanol–water partition coefficient (Wildman–Crippen LogP) is 2.99. The van der Waals surface area contributed by atoms with E-state index >= 15 is 0 Å². The monoisotopic (exact) mass is 296 g/mol. The summed E-state index contributed by atoms with van der Waals surface area (Å²) in [5, 5.41) is 11.3. The lowest BCUT2D eigenvalue weighted by Gasteiger charge is -2.26. The molecular weight excluding hydrogens is 280 g/mol. The van der Waals surface area contributed by atoms with E-state index in [1.165, 1.54) is 4.88 Å². The van der Waals surface area contributed by atoms with Crippen LogP contribution in [0.2, 0.25) is 4.34 Å². The molecule has 2 aromatic heterocycles. The molecule has 19 heavy (non-hydrogen) atoms. The van der Waals surface area contributed by atoms with Crippen molar-refractivity contribution < 1.29 is 0 Å². The lowest BCUT2D eigenvalue weighted by atomic mass is 10.1. The first-order valence-corrected chi connectivity index (χ1v) is 7.66. The third-order valence-corrected chi connectivity index (χ3v) is 4.87. The molecule has 0 saturated carbocycles. The van der Waals surface area contributed by atoms with Gasteiger partial charge in [0, 0.05) is 42.5 Å². The number of nitrogens with zero attached hydrogens (tertiary/aromatic N) is 2. The molecule has 2 atom stereocenters. The van der Waals surface area contributed by atoms with Gasteiger partial charge >= 0.3 is 0 Å². The van der Waals surface area contributed by atoms with Gasteiger partial charge in [0.2, 0.25) is 0 Å². The van der Waals surface area contributed by atoms with Crippen molar-refractivity contribution in [2.75, 3.05) is 18.4 Å². The number of anilines is 1. The van der Waals surface area contributed by atoms with E-state index in [-0.39, 0.29) is 0 Å². The minimum Gasteiger partial charge on any atom is -0.370 e. The third-order valence-electron chi connectivity index (χ3n) is 3.45. The van der Waals surface area contributed by atoms with Crippen molar-refractivity contribution in [2.45, 2.75) is 19.5 Å². The van der Waals surface area contributed by atoms with Gasteiger partial charge in [-0.3, -0.25) is 0 Å². The number of hydrogen-bond donors (Lipinski definition) is 2. The molecular formula is C13H17ClN4S. The average Bonchev–Trinajstić information content (AvgIpc) is 3.03. The summed E-state index contributed by atoms with van der Waals surface area (Å²) in [5.41, 5.74) is 0. The molecule has 6 heteroatoms. The fraction of sp³-hybridized carbons (Fsp3) is 0.462. The Morgan fingerprint density at radius 1 is 1.58 bits per heavy atom. The van der Waals surface area contributed by atoms with Crippen LogP contribution in [0.5, 0.6) is 0 Å². The van der Waals surface area contributed by atoms with E-state index < -0.39 is 0 Å². The molecule has 0 radical (unpaired) electrons. The second kappa shape index (κ2) is 5.53. The Bertz CT molecular complexity index is 550. The van der Waals surface area contributed by atoms with Crippen LogP contribution in [0.15, 0.2) is 24.4 Å². The number of thiophene rings is 1. The number of hydrogen-bond acceptors (Lipinski definition) is 4. The second-order valence-electron chi connectivity index (χ2n) is 4.92. The van der Waals surface area contributed by atoms with E-state index in [0.717, 1.165) is 29.8 Å². The number of nitrogens with one attached hydrogen (secondary N) is 2. The molecule has 0 aliphatic carbocycles. The van der Waals surface area contributed by atoms with Crippen molar-refractivity contribution >= 4 is 28.8 Å². The molecule has 1 aliphatic rings. The SMILES string of the molecule is C[C@H](NC[C@@H]1CNc2ccnn2C1)c1ccc(Cl)s1. The molecule has 0 fully saturated rings. The highest BCUT2D eigenvalue weighted by Crippen LogP contribution is 2.26. The first-order valence-electron chi connectivity index (χ1n) is 6.46. The zero-order valence-electron chi connectivity index (χ0n) is 10.8. The normalized spacial score (nSPS) is 19.8. The summed E-state index contributed by atoms with van der Waals surface area (Å²) in [6.45, 7) is 5.12. The molecule has 0 saturated heterocycles. The lowest BCUT2D eigenvalue weighted by Crippen LogP contribution is -2.36. The summed E-state index contributed by atoms with van der Waals surface area (Å²) in [5.74, 6) is 1.68. The van der Waals surface area contributed by atoms with E-state index in [9.17, 15) is 0 Å². The van der Waals surface area contributed by atoms with Crippen LogP contribution in [0, 0.1) is 5.92 Å². The quantitative estimate of drug-likeness (QED) is 0.911. The van der Waals surface area contributed by atoms with E-state index in [1.807, 2.05) is 23.0 Å². The van der Waals surface area contributed by atoms with Crippen LogP contribution in [-0.2, 0) is 6.54 Å². The molecule has 2 N–H and O–H groups in total. The number of aromatic nitrogens is 2. The van der Waals surface area contributed by atoms with Crippen LogP contribution in [0.3, 0.4) is 0 Å². The van der Waals surface area contributed by atoms with E-state index in [4.69, 9.17) is 11.6 Å². The van der Waals surface area contributed by atoms with Crippen molar-refractivity contribution in [3.8, 4) is 0 Å². The van der Waals surface area contributed by atoms with Crippen molar-refractivity contribution in [2.24, 2.45) is 5.92 Å². The fourth-order valence-electron chi connectivity index (χ4n) is 2.33. The molecule has 1 aliphatic heterocycles. The molecule has 4 nitrogen and oxygen atoms in total. The van der Waals surface area contributed by atoms with Crippen molar-refractivity contribution in [1.29, 1.82) is 0 Å². The van der Waals surface area contributed by atoms with Crippen molar-refractivity contribution in [3.05, 3.63) is 33.6 Å². The highest BCUT2D eigenvalue weighted by Gasteiger charge is 2.19. The van der Waals surface area contributed by atoms with Gasteiger partial charge in [0.05, 0.1) is 10.5 Å². The molecule has 0 aromatic carbocycles. The van der Waals surface area contributed by atoms with Crippen LogP contribution < -0.4 is 10.6 Å². The standard InChI is InChI=1S/C13H17ClN4S/c1-9(11-2-3-12(14)19-11)15-6-10-7-16-13-4-5-17-18(13)8-10/h2-5,9-10,15-16H,6-8H2,1H3/t9-,10+/m0/s1. The van der Waals surface area contributed by atoms with Gasteiger partial charge < -0.3 is 10.6 Å². The van der Waals surface area contributed by atoms with Gasteiger partial charge in [0.15, 0.2) is 0 Å². The zero-order valence-corrected chi connectivity index (χ0v) is 12.3. The maximum absolute atomic E-state index is 5.97. The van der Waals surface area contributed by atoms with Crippen LogP contribution in [0.4, 0.5) is 5.82 Å². The lowest BCUT2D eigenvalue weighted by molar-refractivity contribution is 0.377. The summed E-state index contributed by atoms with van der Waals surface area (Å²) in [7, 11) is 0. The average molecular weight is 297 g/mol. The maximum atomic E-state index is 5.97. The predicted molar refractivity (Wildman–Crippen MR) is 80.0 cm³/mol. The molecule has 0 bridgehead atoms. The zero-order chi connectivity index (χ0) is 13.2. The van der Waals surface area contributed by atoms with Crippen LogP contribution in [0.25, 0.3) is 0 Å². The van der Waals surface area contributed by atoms with Crippen LogP contribution >= 0.6 is 22.9 Å². The van der Waals surface area contributed by atoms with Crippen molar-refractivity contribution in [1.82, 2.24) is 15.1 Å². The first-order chi connectivity index (χ1) is 9.22. The molecule has 0 amide bonds. The van der Waals surface area contributed by atoms with E-state index in [1.54, 1.807) is 11.3 Å². The fourth-order valence-corrected chi connectivity index (χ4v) is 3.42. The third kappa shape index (κ3) is 2.94. The summed E-state index contributed by atoms with van der Waals surface area (Å²) >= 11 is 7.61. The van der Waals surface area contributed by atoms with Gasteiger partial charge in [-0.25, -0.2) is 4.68 Å². The largest absolute Gasteiger partial charge is 0.370 e. The molecule has 2 aromatic rings. The molecule has 0 unspecified atom stereocenters. The Morgan fingerprint density at radius 2 is 2.47 bits per heavy atom. The van der Waals surface area contributed by atoms with Gasteiger partial charge in [0.25, 0.3) is 0 Å². The number of fused-ring (bicyclic) bond motifs is 1. The van der Waals surface area contributed by atoms with Gasteiger partial charge in [-0.05, 0) is 19.1 Å². The highest BCUT2D eigenvalue weighted by molar-refractivity contribution is 7.16. The van der Waals surface area contributed by atoms with Crippen LogP contribution in [0.1, 0.15) is 17.8 Å². The Hall–Kier alpha value is -1.04. The van der Waals surface area contributed by atoms with Crippen molar-refractivity contribution in [3.63, 3.8) is 0 Å². The van der Waals surface area contributed by atoms with Gasteiger partial charge in [-0.2, -0.15) is 5.10 Å². The minimum absolute atomic E-state index is 0.344. The van der Waals surface area contributed by atoms with E-state index in [0.29, 0.717) is 12.0 Å². The van der Waals surface area contributed by atoms with Gasteiger partial charge in [-0.1, -0.05) is 11.6 Å². The summed E-state index contributed by atoms with van der Waals surface area (Å²) in [6.07, 6.45) is 1.84. The molecule has 102 valence electrons. The summed E-state index contributed by atoms with van der Waals surface area (Å²) in [4.78, 5) is 1.29. The van der Waals surface area contributed by atoms with Gasteiger partial charge in [-0.15, -0.1) is 11.3 Å².